The molecule has 0 aliphatic carbocycles. The van der Waals surface area contributed by atoms with E-state index in [9.17, 15) is 0 Å². The van der Waals surface area contributed by atoms with Gasteiger partial charge >= 0.3 is 0 Å². The molecule has 80 valence electrons. The summed E-state index contributed by atoms with van der Waals surface area (Å²) in [7, 11) is -2.61. The minimum atomic E-state index is -1.57. The first-order chi connectivity index (χ1) is 5.69. The van der Waals surface area contributed by atoms with Crippen molar-refractivity contribution in [2.45, 2.75) is 39.3 Å². The van der Waals surface area contributed by atoms with Crippen molar-refractivity contribution in [2.24, 2.45) is 0 Å². The highest BCUT2D eigenvalue weighted by Gasteiger charge is 2.34. The maximum atomic E-state index is 5.50. The molecule has 0 bridgehead atoms. The highest BCUT2D eigenvalue weighted by Crippen LogP contribution is 2.12. The Hall–Kier alpha value is 0.531. The Kier molecular flexibility index (Phi) is 5.05. The molecular weight excluding hydrogens is 216 g/mol. The fraction of sp³-hybridized carbons (Fsp3) is 1.00. The Morgan fingerprint density at radius 1 is 1.00 bits per heavy atom. The lowest BCUT2D eigenvalue weighted by molar-refractivity contribution is -0.114. The number of rotatable bonds is 5. The summed E-state index contributed by atoms with van der Waals surface area (Å²) in [5.74, 6) is 0. The summed E-state index contributed by atoms with van der Waals surface area (Å²) >= 11 is 0. The van der Waals surface area contributed by atoms with Gasteiger partial charge in [-0.15, -0.1) is 0 Å². The van der Waals surface area contributed by atoms with Crippen molar-refractivity contribution in [1.29, 1.82) is 0 Å². The van der Waals surface area contributed by atoms with Crippen LogP contribution in [0.15, 0.2) is 0 Å². The van der Waals surface area contributed by atoms with Gasteiger partial charge in [0.25, 0.3) is 0 Å². The summed E-state index contributed by atoms with van der Waals surface area (Å²) in [6, 6.07) is 0. The van der Waals surface area contributed by atoms with Gasteiger partial charge in [0.05, 0.1) is 0 Å². The van der Waals surface area contributed by atoms with Crippen LogP contribution < -0.4 is 0 Å². The van der Waals surface area contributed by atoms with Crippen molar-refractivity contribution in [2.75, 3.05) is 7.11 Å². The maximum absolute atomic E-state index is 5.50. The zero-order chi connectivity index (χ0) is 10.7. The molecule has 3 nitrogen and oxygen atoms in total. The Labute approximate surface area is 85.1 Å². The van der Waals surface area contributed by atoms with E-state index in [-0.39, 0.29) is 0 Å². The second-order valence-corrected chi connectivity index (χ2v) is 20.8. The first-order valence-electron chi connectivity index (χ1n) is 4.58. The molecule has 0 radical (unpaired) electrons. The number of hydrogen-bond acceptors (Lipinski definition) is 3. The van der Waals surface area contributed by atoms with E-state index in [1.807, 2.05) is 0 Å². The number of hydrogen-bond donors (Lipinski definition) is 0. The van der Waals surface area contributed by atoms with Gasteiger partial charge in [0.15, 0.2) is 0 Å². The molecule has 0 spiro atoms. The first-order valence-corrected chi connectivity index (χ1v) is 14.3. The van der Waals surface area contributed by atoms with Crippen molar-refractivity contribution in [1.82, 2.24) is 0 Å². The lowest BCUT2D eigenvalue weighted by Gasteiger charge is -2.27. The van der Waals surface area contributed by atoms with Crippen molar-refractivity contribution < 1.29 is 13.6 Å². The van der Waals surface area contributed by atoms with Gasteiger partial charge in [-0.05, 0) is 39.3 Å². The van der Waals surface area contributed by atoms with Crippen molar-refractivity contribution in [3.8, 4) is 0 Å². The smallest absolute Gasteiger partial charge is 0.237 e. The van der Waals surface area contributed by atoms with Crippen molar-refractivity contribution in [3.05, 3.63) is 0 Å². The molecule has 0 aromatic heterocycles. The summed E-state index contributed by atoms with van der Waals surface area (Å²) in [4.78, 5) is 0. The Bertz CT molecular complexity index is 156. The van der Waals surface area contributed by atoms with Gasteiger partial charge in [-0.1, -0.05) is 0 Å². The lowest BCUT2D eigenvalue weighted by Crippen LogP contribution is -2.49. The van der Waals surface area contributed by atoms with Crippen LogP contribution in [0.3, 0.4) is 0 Å². The fourth-order valence-corrected chi connectivity index (χ4v) is 4.92. The molecule has 0 rings (SSSR count). The summed E-state index contributed by atoms with van der Waals surface area (Å²) < 4.78 is 16.4. The fourth-order valence-electron chi connectivity index (χ4n) is 0.498. The standard InChI is InChI=1S/C7H22O3Si3/c1-8-13(6,7)11(2)9-10-12(3,4)5/h11H,1-7H3. The Morgan fingerprint density at radius 2 is 1.46 bits per heavy atom. The largest absolute Gasteiger partial charge is 0.421 e. The third-order valence-corrected chi connectivity index (χ3v) is 13.0. The highest BCUT2D eigenvalue weighted by molar-refractivity contribution is 7.26. The van der Waals surface area contributed by atoms with Crippen LogP contribution in [-0.4, -0.2) is 31.8 Å². The zero-order valence-corrected chi connectivity index (χ0v) is 13.0. The van der Waals surface area contributed by atoms with E-state index in [2.05, 4.69) is 39.3 Å². The minimum absolute atomic E-state index is 1.28. The van der Waals surface area contributed by atoms with Crippen LogP contribution in [0.1, 0.15) is 0 Å². The Morgan fingerprint density at radius 3 is 1.77 bits per heavy atom. The topological polar surface area (TPSA) is 27.7 Å². The van der Waals surface area contributed by atoms with Gasteiger partial charge in [-0.25, -0.2) is 0 Å². The summed E-state index contributed by atoms with van der Waals surface area (Å²) in [5, 5.41) is 0. The van der Waals surface area contributed by atoms with Crippen LogP contribution in [0.5, 0.6) is 0 Å². The van der Waals surface area contributed by atoms with Crippen LogP contribution >= 0.6 is 0 Å². The molecule has 1 atom stereocenters. The highest BCUT2D eigenvalue weighted by atomic mass is 29.2. The van der Waals surface area contributed by atoms with E-state index in [0.29, 0.717) is 0 Å². The molecule has 0 saturated heterocycles. The molecule has 0 heterocycles. The molecule has 0 aromatic rings. The average molecular weight is 239 g/mol. The SMILES string of the molecule is CO[Si](C)(C)[SiH](C)OO[Si](C)(C)C. The molecule has 0 amide bonds. The average Bonchev–Trinajstić information content (AvgIpc) is 1.98. The van der Waals surface area contributed by atoms with Gasteiger partial charge in [-0.3, -0.25) is 4.58 Å². The van der Waals surface area contributed by atoms with E-state index in [4.69, 9.17) is 13.6 Å². The van der Waals surface area contributed by atoms with Crippen LogP contribution in [0.2, 0.25) is 39.3 Å². The quantitative estimate of drug-likeness (QED) is 0.417. The van der Waals surface area contributed by atoms with Crippen molar-refractivity contribution >= 4 is 24.7 Å². The van der Waals surface area contributed by atoms with Gasteiger partial charge in [0.1, 0.15) is 0 Å². The second-order valence-electron chi connectivity index (χ2n) is 4.74. The van der Waals surface area contributed by atoms with Crippen LogP contribution in [-0.2, 0) is 13.6 Å². The Balaban J connectivity index is 3.95. The molecule has 0 fully saturated rings. The van der Waals surface area contributed by atoms with Crippen LogP contribution in [0.25, 0.3) is 0 Å². The van der Waals surface area contributed by atoms with Gasteiger partial charge in [0, 0.05) is 7.11 Å². The molecule has 1 unspecified atom stereocenters. The minimum Gasteiger partial charge on any atom is -0.421 e. The third kappa shape index (κ3) is 5.76. The van der Waals surface area contributed by atoms with E-state index in [1.54, 1.807) is 7.11 Å². The molecule has 6 heteroatoms. The molecule has 0 aliphatic heterocycles. The summed E-state index contributed by atoms with van der Waals surface area (Å²) in [6.07, 6.45) is 0. The van der Waals surface area contributed by atoms with E-state index in [1.165, 1.54) is 0 Å². The van der Waals surface area contributed by atoms with Gasteiger partial charge < -0.3 is 9.00 Å². The summed E-state index contributed by atoms with van der Waals surface area (Å²) in [6.45, 7) is 12.9. The zero-order valence-electron chi connectivity index (χ0n) is 9.80. The molecule has 0 aromatic carbocycles. The van der Waals surface area contributed by atoms with E-state index >= 15 is 0 Å². The molecular formula is C7H22O3Si3. The lowest BCUT2D eigenvalue weighted by atomic mass is 11.8. The van der Waals surface area contributed by atoms with Crippen LogP contribution in [0, 0.1) is 0 Å². The van der Waals surface area contributed by atoms with Crippen LogP contribution in [0.4, 0.5) is 0 Å². The third-order valence-electron chi connectivity index (χ3n) is 1.95. The van der Waals surface area contributed by atoms with E-state index < -0.39 is 24.7 Å². The van der Waals surface area contributed by atoms with E-state index in [0.717, 1.165) is 0 Å². The second kappa shape index (κ2) is 4.85. The predicted octanol–water partition coefficient (Wildman–Crippen LogP) is 2.05. The first kappa shape index (κ1) is 13.5. The normalized spacial score (nSPS) is 15.9. The molecule has 0 saturated carbocycles. The molecule has 13 heavy (non-hydrogen) atoms. The predicted molar refractivity (Wildman–Crippen MR) is 63.0 cm³/mol. The molecule has 0 N–H and O–H groups in total. The molecule has 0 aliphatic rings. The maximum Gasteiger partial charge on any atom is 0.237 e. The van der Waals surface area contributed by atoms with Crippen molar-refractivity contribution in [3.63, 3.8) is 0 Å². The van der Waals surface area contributed by atoms with Gasteiger partial charge in [-0.2, -0.15) is 0 Å². The van der Waals surface area contributed by atoms with Gasteiger partial charge in [0.2, 0.25) is 24.7 Å². The summed E-state index contributed by atoms with van der Waals surface area (Å²) in [5.41, 5.74) is 0. The monoisotopic (exact) mass is 238 g/mol.